The number of ether oxygens (including phenoxy) is 1. The van der Waals surface area contributed by atoms with Gasteiger partial charge in [0.25, 0.3) is 0 Å². The third-order valence-corrected chi connectivity index (χ3v) is 1.89. The van der Waals surface area contributed by atoms with Crippen LogP contribution in [-0.4, -0.2) is 7.11 Å². The van der Waals surface area contributed by atoms with Crippen LogP contribution in [0.5, 0.6) is 5.75 Å². The lowest BCUT2D eigenvalue weighted by atomic mass is 10.1. The molecule has 0 saturated heterocycles. The smallest absolute Gasteiger partial charge is 0.135 e. The minimum atomic E-state index is -0.736. The van der Waals surface area contributed by atoms with Gasteiger partial charge in [-0.15, -0.1) is 0 Å². The molecule has 1 aromatic carbocycles. The Kier molecular flexibility index (Phi) is 3.38. The van der Waals surface area contributed by atoms with Crippen LogP contribution in [0.15, 0.2) is 12.1 Å². The number of hydrogen-bond donors (Lipinski definition) is 1. The van der Waals surface area contributed by atoms with Crippen LogP contribution in [0.2, 0.25) is 0 Å². The molecule has 0 spiro atoms. The van der Waals surface area contributed by atoms with Gasteiger partial charge in [-0.1, -0.05) is 0 Å². The number of benzene rings is 1. The lowest BCUT2D eigenvalue weighted by Gasteiger charge is -2.14. The van der Waals surface area contributed by atoms with Crippen molar-refractivity contribution in [3.05, 3.63) is 29.3 Å². The summed E-state index contributed by atoms with van der Waals surface area (Å²) < 4.78 is 30.9. The molecular formula is C9H11F2NO2. The number of hydrogen-bond acceptors (Lipinski definition) is 3. The second kappa shape index (κ2) is 4.34. The Morgan fingerprint density at radius 1 is 1.36 bits per heavy atom. The van der Waals surface area contributed by atoms with Crippen molar-refractivity contribution in [3.63, 3.8) is 0 Å². The van der Waals surface area contributed by atoms with Crippen molar-refractivity contribution >= 4 is 0 Å². The maximum atomic E-state index is 13.3. The molecule has 0 radical (unpaired) electrons. The first-order chi connectivity index (χ1) is 6.60. The molecule has 0 aliphatic carbocycles. The predicted octanol–water partition coefficient (Wildman–Crippen LogP) is 1.92. The Bertz CT molecular complexity index is 331. The second-order valence-electron chi connectivity index (χ2n) is 2.78. The fourth-order valence-corrected chi connectivity index (χ4v) is 1.19. The van der Waals surface area contributed by atoms with Crippen LogP contribution in [0.4, 0.5) is 8.78 Å². The molecule has 0 aliphatic heterocycles. The Hall–Kier alpha value is -1.20. The van der Waals surface area contributed by atoms with E-state index in [1.54, 1.807) is 6.92 Å². The molecule has 0 aliphatic rings. The monoisotopic (exact) mass is 203 g/mol. The van der Waals surface area contributed by atoms with Crippen LogP contribution in [0, 0.1) is 11.6 Å². The Labute approximate surface area is 80.4 Å². The average molecular weight is 203 g/mol. The van der Waals surface area contributed by atoms with Crippen molar-refractivity contribution in [2.75, 3.05) is 7.11 Å². The van der Waals surface area contributed by atoms with Crippen molar-refractivity contribution in [1.82, 2.24) is 0 Å². The van der Waals surface area contributed by atoms with E-state index in [-0.39, 0.29) is 11.3 Å². The van der Waals surface area contributed by atoms with Gasteiger partial charge in [-0.05, 0) is 6.92 Å². The highest BCUT2D eigenvalue weighted by molar-refractivity contribution is 5.36. The normalized spacial score (nSPS) is 12.6. The molecule has 1 aromatic rings. The van der Waals surface area contributed by atoms with Crippen LogP contribution in [0.25, 0.3) is 0 Å². The van der Waals surface area contributed by atoms with Gasteiger partial charge in [0.05, 0.1) is 12.7 Å². The SMILES string of the molecule is COc1cc(F)cc(F)c1C(C)ON. The van der Waals surface area contributed by atoms with Gasteiger partial charge in [0.15, 0.2) is 0 Å². The van der Waals surface area contributed by atoms with Crippen molar-refractivity contribution in [2.45, 2.75) is 13.0 Å². The van der Waals surface area contributed by atoms with Crippen molar-refractivity contribution in [1.29, 1.82) is 0 Å². The molecule has 0 aromatic heterocycles. The van der Waals surface area contributed by atoms with Crippen LogP contribution < -0.4 is 10.6 Å². The van der Waals surface area contributed by atoms with Crippen molar-refractivity contribution in [2.24, 2.45) is 5.90 Å². The number of rotatable bonds is 3. The lowest BCUT2D eigenvalue weighted by Crippen LogP contribution is -2.09. The van der Waals surface area contributed by atoms with Gasteiger partial charge in [0.1, 0.15) is 23.5 Å². The zero-order valence-corrected chi connectivity index (χ0v) is 7.88. The van der Waals surface area contributed by atoms with Gasteiger partial charge in [0.2, 0.25) is 0 Å². The predicted molar refractivity (Wildman–Crippen MR) is 46.6 cm³/mol. The summed E-state index contributed by atoms with van der Waals surface area (Å²) in [5.41, 5.74) is 0.108. The number of methoxy groups -OCH3 is 1. The maximum Gasteiger partial charge on any atom is 0.135 e. The largest absolute Gasteiger partial charge is 0.496 e. The highest BCUT2D eigenvalue weighted by Crippen LogP contribution is 2.30. The summed E-state index contributed by atoms with van der Waals surface area (Å²) in [6, 6.07) is 1.83. The summed E-state index contributed by atoms with van der Waals surface area (Å²) in [6.45, 7) is 1.54. The summed E-state index contributed by atoms with van der Waals surface area (Å²) >= 11 is 0. The first kappa shape index (κ1) is 10.9. The molecule has 0 fully saturated rings. The first-order valence-corrected chi connectivity index (χ1v) is 3.98. The molecule has 1 atom stereocenters. The van der Waals surface area contributed by atoms with E-state index < -0.39 is 17.7 Å². The van der Waals surface area contributed by atoms with Gasteiger partial charge < -0.3 is 4.74 Å². The van der Waals surface area contributed by atoms with Crippen LogP contribution in [0.1, 0.15) is 18.6 Å². The van der Waals surface area contributed by atoms with E-state index in [1.807, 2.05) is 0 Å². The fraction of sp³-hybridized carbons (Fsp3) is 0.333. The molecule has 0 saturated carbocycles. The summed E-state index contributed by atoms with van der Waals surface area (Å²) in [7, 11) is 1.32. The third-order valence-electron chi connectivity index (χ3n) is 1.89. The summed E-state index contributed by atoms with van der Waals surface area (Å²) in [5, 5.41) is 0. The molecular weight excluding hydrogens is 192 g/mol. The van der Waals surface area contributed by atoms with E-state index in [1.165, 1.54) is 7.11 Å². The Morgan fingerprint density at radius 3 is 2.50 bits per heavy atom. The zero-order valence-electron chi connectivity index (χ0n) is 7.88. The fourth-order valence-electron chi connectivity index (χ4n) is 1.19. The molecule has 0 bridgehead atoms. The maximum absolute atomic E-state index is 13.3. The van der Waals surface area contributed by atoms with Gasteiger partial charge >= 0.3 is 0 Å². The minimum absolute atomic E-state index is 0.0838. The second-order valence-corrected chi connectivity index (χ2v) is 2.78. The number of nitrogens with two attached hydrogens (primary N) is 1. The molecule has 1 unspecified atom stereocenters. The van der Waals surface area contributed by atoms with Crippen LogP contribution in [0.3, 0.4) is 0 Å². The molecule has 2 N–H and O–H groups in total. The average Bonchev–Trinajstić information content (AvgIpc) is 2.15. The number of halogens is 2. The molecule has 0 amide bonds. The van der Waals surface area contributed by atoms with Gasteiger partial charge in [-0.2, -0.15) is 0 Å². The quantitative estimate of drug-likeness (QED) is 0.763. The molecule has 0 heterocycles. The van der Waals surface area contributed by atoms with Gasteiger partial charge in [-0.25, -0.2) is 14.7 Å². The van der Waals surface area contributed by atoms with Crippen LogP contribution >= 0.6 is 0 Å². The summed E-state index contributed by atoms with van der Waals surface area (Å²) in [6.07, 6.45) is -0.689. The van der Waals surface area contributed by atoms with Crippen molar-refractivity contribution in [3.8, 4) is 5.75 Å². The van der Waals surface area contributed by atoms with E-state index in [9.17, 15) is 8.78 Å². The molecule has 3 nitrogen and oxygen atoms in total. The highest BCUT2D eigenvalue weighted by atomic mass is 19.1. The topological polar surface area (TPSA) is 44.5 Å². The standard InChI is InChI=1S/C9H11F2NO2/c1-5(14-12)9-7(11)3-6(10)4-8(9)13-2/h3-5H,12H2,1-2H3. The van der Waals surface area contributed by atoms with E-state index in [2.05, 4.69) is 4.84 Å². The molecule has 1 rings (SSSR count). The third kappa shape index (κ3) is 2.00. The molecule has 5 heteroatoms. The minimum Gasteiger partial charge on any atom is -0.496 e. The Morgan fingerprint density at radius 2 is 2.00 bits per heavy atom. The summed E-state index contributed by atoms with van der Waals surface area (Å²) in [4.78, 5) is 4.46. The van der Waals surface area contributed by atoms with E-state index in [0.29, 0.717) is 0 Å². The van der Waals surface area contributed by atoms with E-state index in [0.717, 1.165) is 12.1 Å². The van der Waals surface area contributed by atoms with Crippen LogP contribution in [-0.2, 0) is 4.84 Å². The molecule has 78 valence electrons. The first-order valence-electron chi connectivity index (χ1n) is 3.98. The summed E-state index contributed by atoms with van der Waals surface area (Å²) in [5.74, 6) is 3.56. The van der Waals surface area contributed by atoms with Gasteiger partial charge in [-0.3, -0.25) is 4.84 Å². The Balaban J connectivity index is 3.24. The molecule has 14 heavy (non-hydrogen) atoms. The van der Waals surface area contributed by atoms with E-state index >= 15 is 0 Å². The highest BCUT2D eigenvalue weighted by Gasteiger charge is 2.18. The van der Waals surface area contributed by atoms with Crippen molar-refractivity contribution < 1.29 is 18.4 Å². The lowest BCUT2D eigenvalue weighted by molar-refractivity contribution is 0.0618. The van der Waals surface area contributed by atoms with Gasteiger partial charge in [0, 0.05) is 12.1 Å². The van der Waals surface area contributed by atoms with E-state index in [4.69, 9.17) is 10.6 Å². The zero-order chi connectivity index (χ0) is 10.7.